The predicted molar refractivity (Wildman–Crippen MR) is 81.5 cm³/mol. The van der Waals surface area contributed by atoms with Crippen molar-refractivity contribution in [2.75, 3.05) is 19.5 Å². The summed E-state index contributed by atoms with van der Waals surface area (Å²) in [6, 6.07) is 10.9. The van der Waals surface area contributed by atoms with Crippen molar-refractivity contribution in [2.24, 2.45) is 0 Å². The minimum Gasteiger partial charge on any atom is -0.497 e. The summed E-state index contributed by atoms with van der Waals surface area (Å²) in [6.45, 7) is 0. The lowest BCUT2D eigenvalue weighted by atomic mass is 9.92. The van der Waals surface area contributed by atoms with Crippen molar-refractivity contribution >= 4 is 23.2 Å². The summed E-state index contributed by atoms with van der Waals surface area (Å²) in [7, 11) is 3.17. The number of rotatable bonds is 3. The van der Waals surface area contributed by atoms with E-state index in [1.807, 2.05) is 18.2 Å². The van der Waals surface area contributed by atoms with Gasteiger partial charge in [0.1, 0.15) is 11.5 Å². The van der Waals surface area contributed by atoms with E-state index in [9.17, 15) is 4.79 Å². The molecule has 0 saturated carbocycles. The van der Waals surface area contributed by atoms with E-state index in [0.717, 1.165) is 16.8 Å². The summed E-state index contributed by atoms with van der Waals surface area (Å²) < 4.78 is 10.5. The highest BCUT2D eigenvalue weighted by Crippen LogP contribution is 2.40. The van der Waals surface area contributed by atoms with Crippen molar-refractivity contribution in [2.45, 2.75) is 5.92 Å². The number of hydrogen-bond donors (Lipinski definition) is 1. The maximum Gasteiger partial charge on any atom is 0.236 e. The van der Waals surface area contributed by atoms with Gasteiger partial charge in [0.25, 0.3) is 0 Å². The summed E-state index contributed by atoms with van der Waals surface area (Å²) >= 11 is 5.97. The second-order valence-corrected chi connectivity index (χ2v) is 5.24. The molecule has 0 aromatic heterocycles. The predicted octanol–water partition coefficient (Wildman–Crippen LogP) is 3.44. The molecule has 0 fully saturated rings. The number of carbonyl (C=O) groups excluding carboxylic acids is 1. The first-order chi connectivity index (χ1) is 10.1. The van der Waals surface area contributed by atoms with Gasteiger partial charge in [0.2, 0.25) is 5.91 Å². The Morgan fingerprint density at radius 2 is 1.71 bits per heavy atom. The van der Waals surface area contributed by atoms with Gasteiger partial charge < -0.3 is 14.8 Å². The van der Waals surface area contributed by atoms with Crippen molar-refractivity contribution in [3.05, 3.63) is 52.5 Å². The van der Waals surface area contributed by atoms with E-state index in [1.54, 1.807) is 32.4 Å². The molecule has 4 nitrogen and oxygen atoms in total. The Morgan fingerprint density at radius 3 is 2.33 bits per heavy atom. The zero-order valence-electron chi connectivity index (χ0n) is 11.6. The fourth-order valence-corrected chi connectivity index (χ4v) is 2.73. The number of nitrogens with one attached hydrogen (secondary N) is 1. The van der Waals surface area contributed by atoms with Gasteiger partial charge in [-0.05, 0) is 35.4 Å². The molecule has 1 unspecified atom stereocenters. The molecule has 0 radical (unpaired) electrons. The number of anilines is 1. The number of fused-ring (bicyclic) bond motifs is 1. The van der Waals surface area contributed by atoms with Gasteiger partial charge in [-0.25, -0.2) is 0 Å². The molecule has 1 aliphatic heterocycles. The third kappa shape index (κ3) is 2.43. The average Bonchev–Trinajstić information content (AvgIpc) is 2.81. The lowest BCUT2D eigenvalue weighted by Crippen LogP contribution is -2.13. The van der Waals surface area contributed by atoms with E-state index in [1.165, 1.54) is 0 Å². The van der Waals surface area contributed by atoms with Crippen LogP contribution in [0.2, 0.25) is 5.02 Å². The highest BCUT2D eigenvalue weighted by Gasteiger charge is 2.32. The summed E-state index contributed by atoms with van der Waals surface area (Å²) in [5, 5.41) is 3.45. The van der Waals surface area contributed by atoms with E-state index in [2.05, 4.69) is 5.32 Å². The van der Waals surface area contributed by atoms with Crippen LogP contribution < -0.4 is 14.8 Å². The fraction of sp³-hybridized carbons (Fsp3) is 0.188. The molecule has 1 N–H and O–H groups in total. The van der Waals surface area contributed by atoms with Gasteiger partial charge in [0, 0.05) is 16.8 Å². The maximum atomic E-state index is 12.3. The topological polar surface area (TPSA) is 47.6 Å². The van der Waals surface area contributed by atoms with Crippen LogP contribution in [0.25, 0.3) is 0 Å². The monoisotopic (exact) mass is 303 g/mol. The van der Waals surface area contributed by atoms with Crippen LogP contribution in [0, 0.1) is 0 Å². The summed E-state index contributed by atoms with van der Waals surface area (Å²) in [5.74, 6) is 0.836. The Kier molecular flexibility index (Phi) is 3.47. The number of hydrogen-bond acceptors (Lipinski definition) is 3. The molecular weight excluding hydrogens is 290 g/mol. The third-order valence-corrected chi connectivity index (χ3v) is 3.79. The molecule has 1 amide bonds. The average molecular weight is 304 g/mol. The lowest BCUT2D eigenvalue weighted by molar-refractivity contribution is -0.116. The molecule has 1 heterocycles. The van der Waals surface area contributed by atoms with E-state index >= 15 is 0 Å². The van der Waals surface area contributed by atoms with Gasteiger partial charge in [-0.2, -0.15) is 0 Å². The smallest absolute Gasteiger partial charge is 0.236 e. The van der Waals surface area contributed by atoms with Crippen LogP contribution in [0.1, 0.15) is 17.0 Å². The second kappa shape index (κ2) is 5.30. The van der Waals surface area contributed by atoms with Crippen molar-refractivity contribution in [3.8, 4) is 11.5 Å². The first-order valence-corrected chi connectivity index (χ1v) is 6.83. The minimum absolute atomic E-state index is 0.0810. The van der Waals surface area contributed by atoms with Gasteiger partial charge in [-0.15, -0.1) is 0 Å². The molecule has 2 aromatic rings. The van der Waals surface area contributed by atoms with E-state index < -0.39 is 0 Å². The van der Waals surface area contributed by atoms with Gasteiger partial charge >= 0.3 is 0 Å². The second-order valence-electron chi connectivity index (χ2n) is 4.80. The molecule has 108 valence electrons. The van der Waals surface area contributed by atoms with Gasteiger partial charge in [0.05, 0.1) is 20.1 Å². The summed E-state index contributed by atoms with van der Waals surface area (Å²) in [6.07, 6.45) is 0. The number of halogens is 1. The first-order valence-electron chi connectivity index (χ1n) is 6.45. The third-order valence-electron chi connectivity index (χ3n) is 3.55. The number of amides is 1. The minimum atomic E-state index is -0.388. The number of benzene rings is 2. The maximum absolute atomic E-state index is 12.3. The molecule has 0 bridgehead atoms. The first kappa shape index (κ1) is 13.8. The molecule has 3 rings (SSSR count). The van der Waals surface area contributed by atoms with Crippen molar-refractivity contribution in [1.82, 2.24) is 0 Å². The van der Waals surface area contributed by atoms with Crippen molar-refractivity contribution < 1.29 is 14.3 Å². The van der Waals surface area contributed by atoms with Gasteiger partial charge in [0.15, 0.2) is 0 Å². The molecule has 0 saturated heterocycles. The van der Waals surface area contributed by atoms with Crippen molar-refractivity contribution in [1.29, 1.82) is 0 Å². The molecule has 0 spiro atoms. The van der Waals surface area contributed by atoms with Gasteiger partial charge in [-0.3, -0.25) is 4.79 Å². The molecule has 2 aromatic carbocycles. The fourth-order valence-electron chi connectivity index (χ4n) is 2.56. The van der Waals surface area contributed by atoms with E-state index in [-0.39, 0.29) is 11.8 Å². The summed E-state index contributed by atoms with van der Waals surface area (Å²) in [4.78, 5) is 12.3. The van der Waals surface area contributed by atoms with E-state index in [0.29, 0.717) is 16.5 Å². The van der Waals surface area contributed by atoms with Crippen LogP contribution in [0.15, 0.2) is 36.4 Å². The molecule has 21 heavy (non-hydrogen) atoms. The Bertz CT molecular complexity index is 692. The highest BCUT2D eigenvalue weighted by molar-refractivity contribution is 6.31. The SMILES string of the molecule is COc1cc(OC)cc(C2C(=O)Nc3cc(Cl)ccc32)c1. The highest BCUT2D eigenvalue weighted by atomic mass is 35.5. The number of ether oxygens (including phenoxy) is 2. The Hall–Kier alpha value is -2.20. The zero-order chi connectivity index (χ0) is 15.0. The van der Waals surface area contributed by atoms with Crippen molar-refractivity contribution in [3.63, 3.8) is 0 Å². The Morgan fingerprint density at radius 1 is 1.05 bits per heavy atom. The zero-order valence-corrected chi connectivity index (χ0v) is 12.4. The quantitative estimate of drug-likeness (QED) is 0.945. The molecule has 1 aliphatic rings. The summed E-state index contributed by atoms with van der Waals surface area (Å²) in [5.41, 5.74) is 2.48. The van der Waals surface area contributed by atoms with Gasteiger partial charge in [-0.1, -0.05) is 17.7 Å². The lowest BCUT2D eigenvalue weighted by Gasteiger charge is -2.13. The Labute approximate surface area is 127 Å². The van der Waals surface area contributed by atoms with E-state index in [4.69, 9.17) is 21.1 Å². The number of methoxy groups -OCH3 is 2. The molecule has 1 atom stereocenters. The molecule has 5 heteroatoms. The standard InChI is InChI=1S/C16H14ClNO3/c1-20-11-5-9(6-12(8-11)21-2)15-13-4-3-10(17)7-14(13)18-16(15)19/h3-8,15H,1-2H3,(H,18,19). The number of carbonyl (C=O) groups is 1. The van der Waals surface area contributed by atoms with Crippen LogP contribution in [-0.4, -0.2) is 20.1 Å². The largest absolute Gasteiger partial charge is 0.497 e. The van der Waals surface area contributed by atoms with Crippen LogP contribution in [0.3, 0.4) is 0 Å². The normalized spacial score (nSPS) is 16.3. The van der Waals surface area contributed by atoms with Crippen LogP contribution >= 0.6 is 11.6 Å². The Balaban J connectivity index is 2.11. The van der Waals surface area contributed by atoms with Crippen LogP contribution in [0.4, 0.5) is 5.69 Å². The van der Waals surface area contributed by atoms with Crippen LogP contribution in [-0.2, 0) is 4.79 Å². The molecule has 0 aliphatic carbocycles. The van der Waals surface area contributed by atoms with Crippen LogP contribution in [0.5, 0.6) is 11.5 Å². The molecular formula is C16H14ClNO3.